The first kappa shape index (κ1) is 26.8. The minimum Gasteiger partial charge on any atom is -0.408 e. The molecule has 0 amide bonds. The van der Waals surface area contributed by atoms with Crippen LogP contribution in [-0.4, -0.2) is 6.04 Å². The smallest absolute Gasteiger partial charge is 0.310 e. The van der Waals surface area contributed by atoms with Gasteiger partial charge in [0, 0.05) is 22.9 Å². The number of rotatable bonds is 7. The van der Waals surface area contributed by atoms with Crippen LogP contribution >= 0.6 is 8.16 Å². The minimum absolute atomic E-state index is 0.100. The molecule has 1 heterocycles. The molecule has 1 unspecified atom stereocenters. The molecular weight excluding hydrogens is 533 g/mol. The van der Waals surface area contributed by atoms with E-state index < -0.39 is 8.16 Å². The van der Waals surface area contributed by atoms with Crippen molar-refractivity contribution < 1.29 is 8.39 Å². The number of fused-ring (bicyclic) bond motifs is 8. The summed E-state index contributed by atoms with van der Waals surface area (Å²) in [7, 11) is -1.48. The van der Waals surface area contributed by atoms with Crippen LogP contribution in [0.25, 0.3) is 54.3 Å². The van der Waals surface area contributed by atoms with Gasteiger partial charge in [0.15, 0.2) is 0 Å². The van der Waals surface area contributed by atoms with E-state index in [-0.39, 0.29) is 6.04 Å². The third-order valence-corrected chi connectivity index (χ3v) is 10.4. The van der Waals surface area contributed by atoms with Crippen LogP contribution in [-0.2, 0) is 0 Å². The standard InChI is InChI=1S/C38H36NO2P/c1-4-12-32(5-2)39(26(3)30-20-19-27-13-6-7-16-31(27)25-30)42-40-35-23-21-28-14-8-10-17-33(28)37(35)38-34-18-11-9-15-29(34)22-24-36(38)41-42/h6-11,13-26,32H,4-5,12H2,1-3H3/t26-,32?/m0/s1. The lowest BCUT2D eigenvalue weighted by Gasteiger charge is -2.33. The number of benzene rings is 6. The normalized spacial score (nSPS) is 13.4. The zero-order valence-corrected chi connectivity index (χ0v) is 25.4. The predicted molar refractivity (Wildman–Crippen MR) is 181 cm³/mol. The maximum absolute atomic E-state index is 7.09. The van der Waals surface area contributed by atoms with Crippen LogP contribution in [0.5, 0.6) is 0 Å². The molecule has 0 spiro atoms. The SMILES string of the molecule is CCCC(CC)N([C@@H](C)c1ccc2ccccc2c1)p1oc2ccc3ccccc3c2c2c(ccc3ccccc32)o1. The molecule has 7 aromatic rings. The third-order valence-electron chi connectivity index (χ3n) is 8.69. The highest BCUT2D eigenvalue weighted by Gasteiger charge is 2.29. The Morgan fingerprint density at radius 2 is 1.14 bits per heavy atom. The van der Waals surface area contributed by atoms with Crippen molar-refractivity contribution in [2.75, 3.05) is 4.67 Å². The number of hydrogen-bond donors (Lipinski definition) is 0. The molecule has 6 aromatic carbocycles. The largest absolute Gasteiger partial charge is 0.408 e. The molecule has 0 radical (unpaired) electrons. The van der Waals surface area contributed by atoms with E-state index in [1.807, 2.05) is 0 Å². The minimum atomic E-state index is -1.48. The summed E-state index contributed by atoms with van der Waals surface area (Å²) in [5.41, 5.74) is 3.05. The van der Waals surface area contributed by atoms with E-state index in [4.69, 9.17) is 8.39 Å². The highest BCUT2D eigenvalue weighted by Crippen LogP contribution is 2.46. The summed E-state index contributed by atoms with van der Waals surface area (Å²) in [6.07, 6.45) is 3.20. The monoisotopic (exact) mass is 569 g/mol. The molecule has 0 fully saturated rings. The van der Waals surface area contributed by atoms with Gasteiger partial charge in [-0.1, -0.05) is 117 Å². The van der Waals surface area contributed by atoms with Crippen LogP contribution in [0, 0.1) is 0 Å². The maximum atomic E-state index is 7.09. The quantitative estimate of drug-likeness (QED) is 0.191. The van der Waals surface area contributed by atoms with Crippen molar-refractivity contribution in [2.45, 2.75) is 52.1 Å². The molecule has 3 nitrogen and oxygen atoms in total. The maximum Gasteiger partial charge on any atom is 0.310 e. The summed E-state index contributed by atoms with van der Waals surface area (Å²) in [5.74, 6) is 0. The summed E-state index contributed by atoms with van der Waals surface area (Å²) >= 11 is 0. The lowest BCUT2D eigenvalue weighted by molar-refractivity contribution is 0.488. The van der Waals surface area contributed by atoms with Crippen LogP contribution in [0.4, 0.5) is 0 Å². The molecule has 4 heteroatoms. The van der Waals surface area contributed by atoms with Crippen LogP contribution in [0.2, 0.25) is 0 Å². The fourth-order valence-corrected chi connectivity index (χ4v) is 8.35. The molecule has 210 valence electrons. The van der Waals surface area contributed by atoms with Gasteiger partial charge in [0.05, 0.1) is 0 Å². The zero-order valence-electron chi connectivity index (χ0n) is 24.5. The molecule has 0 saturated carbocycles. The average molecular weight is 570 g/mol. The second-order valence-corrected chi connectivity index (χ2v) is 12.6. The highest BCUT2D eigenvalue weighted by molar-refractivity contribution is 7.39. The van der Waals surface area contributed by atoms with Crippen LogP contribution in [0.1, 0.15) is 51.6 Å². The van der Waals surface area contributed by atoms with Gasteiger partial charge in [0.2, 0.25) is 0 Å². The second kappa shape index (κ2) is 11.3. The Kier molecular flexibility index (Phi) is 7.24. The van der Waals surface area contributed by atoms with Crippen molar-refractivity contribution in [2.24, 2.45) is 0 Å². The molecule has 0 bridgehead atoms. The molecule has 0 saturated heterocycles. The van der Waals surface area contributed by atoms with Crippen LogP contribution in [0.15, 0.2) is 124 Å². The molecule has 0 aliphatic rings. The Hall–Kier alpha value is -4.04. The fourth-order valence-electron chi connectivity index (χ4n) is 6.52. The Balaban J connectivity index is 1.55. The number of nitrogens with zero attached hydrogens (tertiary/aromatic N) is 1. The van der Waals surface area contributed by atoms with Gasteiger partial charge in [0.1, 0.15) is 11.2 Å². The lowest BCUT2D eigenvalue weighted by atomic mass is 9.99. The van der Waals surface area contributed by atoms with Gasteiger partial charge in [-0.05, 0) is 75.8 Å². The summed E-state index contributed by atoms with van der Waals surface area (Å²) in [6.45, 7) is 6.87. The molecule has 2 atom stereocenters. The Morgan fingerprint density at radius 3 is 1.71 bits per heavy atom. The second-order valence-electron chi connectivity index (χ2n) is 11.3. The van der Waals surface area contributed by atoms with Crippen LogP contribution < -0.4 is 4.67 Å². The van der Waals surface area contributed by atoms with Gasteiger partial charge in [-0.25, -0.2) is 0 Å². The topological polar surface area (TPSA) is 29.5 Å². The molecule has 7 rings (SSSR count). The van der Waals surface area contributed by atoms with E-state index >= 15 is 0 Å². The van der Waals surface area contributed by atoms with E-state index in [0.717, 1.165) is 41.2 Å². The predicted octanol–water partition coefficient (Wildman–Crippen LogP) is 12.0. The molecule has 0 aliphatic heterocycles. The van der Waals surface area contributed by atoms with Gasteiger partial charge in [0.25, 0.3) is 0 Å². The Bertz CT molecular complexity index is 2000. The Labute approximate surface area is 248 Å². The summed E-state index contributed by atoms with van der Waals surface area (Å²) in [5, 5.41) is 9.51. The summed E-state index contributed by atoms with van der Waals surface area (Å²) in [4.78, 5) is 0. The van der Waals surface area contributed by atoms with Gasteiger partial charge >= 0.3 is 8.16 Å². The van der Waals surface area contributed by atoms with Gasteiger partial charge in [-0.15, -0.1) is 0 Å². The van der Waals surface area contributed by atoms with Crippen molar-refractivity contribution in [3.63, 3.8) is 0 Å². The first-order valence-electron chi connectivity index (χ1n) is 15.1. The highest BCUT2D eigenvalue weighted by atomic mass is 31.1. The van der Waals surface area contributed by atoms with Crippen molar-refractivity contribution in [3.05, 3.63) is 121 Å². The van der Waals surface area contributed by atoms with E-state index in [9.17, 15) is 0 Å². The summed E-state index contributed by atoms with van der Waals surface area (Å²) < 4.78 is 16.7. The first-order chi connectivity index (χ1) is 20.7. The van der Waals surface area contributed by atoms with Crippen molar-refractivity contribution in [1.29, 1.82) is 0 Å². The van der Waals surface area contributed by atoms with Gasteiger partial charge < -0.3 is 8.39 Å². The number of hydrogen-bond acceptors (Lipinski definition) is 3. The van der Waals surface area contributed by atoms with Gasteiger partial charge in [-0.2, -0.15) is 4.67 Å². The molecule has 0 aliphatic carbocycles. The average Bonchev–Trinajstić information content (AvgIpc) is 3.21. The van der Waals surface area contributed by atoms with Crippen molar-refractivity contribution in [3.8, 4) is 0 Å². The molecule has 1 aromatic heterocycles. The molecular formula is C38H36NO2P. The van der Waals surface area contributed by atoms with Crippen LogP contribution in [0.3, 0.4) is 0 Å². The molecule has 42 heavy (non-hydrogen) atoms. The first-order valence-corrected chi connectivity index (χ1v) is 16.3. The van der Waals surface area contributed by atoms with Gasteiger partial charge in [-0.3, -0.25) is 0 Å². The Morgan fingerprint density at radius 1 is 0.619 bits per heavy atom. The summed E-state index contributed by atoms with van der Waals surface area (Å²) in [6, 6.07) is 41.7. The van der Waals surface area contributed by atoms with E-state index in [1.54, 1.807) is 0 Å². The van der Waals surface area contributed by atoms with E-state index in [2.05, 4.69) is 141 Å². The van der Waals surface area contributed by atoms with Crippen molar-refractivity contribution in [1.82, 2.24) is 0 Å². The van der Waals surface area contributed by atoms with Crippen molar-refractivity contribution >= 4 is 62.4 Å². The third kappa shape index (κ3) is 4.67. The lowest BCUT2D eigenvalue weighted by Crippen LogP contribution is -2.34. The van der Waals surface area contributed by atoms with E-state index in [1.165, 1.54) is 37.9 Å². The molecule has 0 N–H and O–H groups in total. The van der Waals surface area contributed by atoms with E-state index in [0.29, 0.717) is 6.04 Å². The zero-order chi connectivity index (χ0) is 28.6. The fraction of sp³-hybridized carbons (Fsp3) is 0.211.